The lowest BCUT2D eigenvalue weighted by atomic mass is 9.80. The van der Waals surface area contributed by atoms with Gasteiger partial charge in [-0.25, -0.2) is 0 Å². The van der Waals surface area contributed by atoms with Crippen molar-refractivity contribution >= 4 is 10.8 Å². The molecule has 5 unspecified atom stereocenters. The van der Waals surface area contributed by atoms with Gasteiger partial charge in [0.2, 0.25) is 0 Å². The zero-order chi connectivity index (χ0) is 13.1. The van der Waals surface area contributed by atoms with Crippen molar-refractivity contribution in [1.82, 2.24) is 5.32 Å². The van der Waals surface area contributed by atoms with Crippen molar-refractivity contribution in [3.05, 3.63) is 30.3 Å². The van der Waals surface area contributed by atoms with E-state index in [1.54, 1.807) is 0 Å². The monoisotopic (exact) mass is 265 g/mol. The molecule has 1 fully saturated rings. The van der Waals surface area contributed by atoms with E-state index in [4.69, 9.17) is 0 Å². The van der Waals surface area contributed by atoms with Crippen LogP contribution in [0.15, 0.2) is 35.2 Å². The highest BCUT2D eigenvalue weighted by Crippen LogP contribution is 2.34. The fraction of sp³-hybridized carbons (Fsp3) is 0.600. The van der Waals surface area contributed by atoms with Crippen LogP contribution in [0.25, 0.3) is 0 Å². The van der Waals surface area contributed by atoms with Crippen LogP contribution in [0.5, 0.6) is 0 Å². The molecule has 0 bridgehead atoms. The van der Waals surface area contributed by atoms with Crippen LogP contribution in [-0.4, -0.2) is 22.5 Å². The Kier molecular flexibility index (Phi) is 4.57. The van der Waals surface area contributed by atoms with Gasteiger partial charge in [0.05, 0.1) is 16.0 Å². The van der Waals surface area contributed by atoms with Crippen molar-refractivity contribution in [3.8, 4) is 0 Å². The average molecular weight is 265 g/mol. The van der Waals surface area contributed by atoms with Crippen LogP contribution in [0.2, 0.25) is 0 Å². The lowest BCUT2D eigenvalue weighted by Gasteiger charge is -2.38. The van der Waals surface area contributed by atoms with Gasteiger partial charge in [-0.3, -0.25) is 4.21 Å². The Morgan fingerprint density at radius 3 is 2.44 bits per heavy atom. The SMILES string of the molecule is CNC1CC(C)CC(C)C1S(=O)c1ccccc1. The minimum Gasteiger partial charge on any atom is -0.316 e. The van der Waals surface area contributed by atoms with Crippen LogP contribution in [0, 0.1) is 11.8 Å². The Labute approximate surface area is 113 Å². The van der Waals surface area contributed by atoms with E-state index in [1.807, 2.05) is 37.4 Å². The van der Waals surface area contributed by atoms with E-state index in [0.717, 1.165) is 17.2 Å². The van der Waals surface area contributed by atoms with Crippen LogP contribution in [0.4, 0.5) is 0 Å². The highest BCUT2D eigenvalue weighted by molar-refractivity contribution is 7.85. The third-order valence-electron chi connectivity index (χ3n) is 3.98. The van der Waals surface area contributed by atoms with Crippen LogP contribution < -0.4 is 5.32 Å². The second kappa shape index (κ2) is 5.98. The molecule has 0 spiro atoms. The van der Waals surface area contributed by atoms with Crippen molar-refractivity contribution in [1.29, 1.82) is 0 Å². The average Bonchev–Trinajstić information content (AvgIpc) is 2.38. The molecule has 1 aromatic rings. The van der Waals surface area contributed by atoms with Crippen molar-refractivity contribution in [2.75, 3.05) is 7.05 Å². The largest absolute Gasteiger partial charge is 0.316 e. The van der Waals surface area contributed by atoms with E-state index in [1.165, 1.54) is 6.42 Å². The quantitative estimate of drug-likeness (QED) is 0.910. The van der Waals surface area contributed by atoms with Crippen LogP contribution >= 0.6 is 0 Å². The van der Waals surface area contributed by atoms with Gasteiger partial charge in [0.15, 0.2) is 0 Å². The summed E-state index contributed by atoms with van der Waals surface area (Å²) in [5.41, 5.74) is 0. The van der Waals surface area contributed by atoms with Gasteiger partial charge in [-0.2, -0.15) is 0 Å². The molecule has 1 aromatic carbocycles. The molecule has 0 saturated heterocycles. The second-order valence-electron chi connectivity index (χ2n) is 5.52. The molecule has 1 N–H and O–H groups in total. The molecule has 0 aromatic heterocycles. The lowest BCUT2D eigenvalue weighted by molar-refractivity contribution is 0.253. The Morgan fingerprint density at radius 2 is 1.83 bits per heavy atom. The van der Waals surface area contributed by atoms with Gasteiger partial charge in [0, 0.05) is 10.9 Å². The maximum absolute atomic E-state index is 12.8. The normalized spacial score (nSPS) is 34.2. The molecule has 1 saturated carbocycles. The molecule has 5 atom stereocenters. The van der Waals surface area contributed by atoms with E-state index in [-0.39, 0.29) is 5.25 Å². The minimum absolute atomic E-state index is 0.230. The topological polar surface area (TPSA) is 29.1 Å². The molecular weight excluding hydrogens is 242 g/mol. The maximum atomic E-state index is 12.8. The van der Waals surface area contributed by atoms with Crippen LogP contribution in [-0.2, 0) is 10.8 Å². The summed E-state index contributed by atoms with van der Waals surface area (Å²) in [6.45, 7) is 4.54. The standard InChI is InChI=1S/C15H23NOS/c1-11-9-12(2)15(14(10-11)16-3)18(17)13-7-5-4-6-8-13/h4-8,11-12,14-16H,9-10H2,1-3H3. The smallest absolute Gasteiger partial charge is 0.0579 e. The van der Waals surface area contributed by atoms with Gasteiger partial charge in [0.25, 0.3) is 0 Å². The molecule has 2 rings (SSSR count). The van der Waals surface area contributed by atoms with Crippen molar-refractivity contribution in [2.45, 2.75) is 42.9 Å². The van der Waals surface area contributed by atoms with E-state index >= 15 is 0 Å². The Bertz CT molecular complexity index is 406. The predicted molar refractivity (Wildman–Crippen MR) is 77.0 cm³/mol. The van der Waals surface area contributed by atoms with E-state index < -0.39 is 10.8 Å². The summed E-state index contributed by atoms with van der Waals surface area (Å²) < 4.78 is 12.8. The zero-order valence-corrected chi connectivity index (χ0v) is 12.2. The molecule has 100 valence electrons. The first kappa shape index (κ1) is 13.8. The number of nitrogens with one attached hydrogen (secondary N) is 1. The molecular formula is C15H23NOS. The predicted octanol–water partition coefficient (Wildman–Crippen LogP) is 2.82. The van der Waals surface area contributed by atoms with Gasteiger partial charge in [-0.1, -0.05) is 32.0 Å². The third-order valence-corrected chi connectivity index (χ3v) is 6.01. The highest BCUT2D eigenvalue weighted by atomic mass is 32.2. The molecule has 0 amide bonds. The summed E-state index contributed by atoms with van der Waals surface area (Å²) in [5.74, 6) is 1.23. The summed E-state index contributed by atoms with van der Waals surface area (Å²) in [6.07, 6.45) is 2.31. The second-order valence-corrected chi connectivity index (χ2v) is 7.13. The first-order valence-corrected chi connectivity index (χ1v) is 7.97. The van der Waals surface area contributed by atoms with Crippen molar-refractivity contribution in [3.63, 3.8) is 0 Å². The van der Waals surface area contributed by atoms with Gasteiger partial charge < -0.3 is 5.32 Å². The van der Waals surface area contributed by atoms with Gasteiger partial charge in [-0.15, -0.1) is 0 Å². The molecule has 0 aliphatic heterocycles. The van der Waals surface area contributed by atoms with Crippen LogP contribution in [0.3, 0.4) is 0 Å². The molecule has 0 radical (unpaired) electrons. The highest BCUT2D eigenvalue weighted by Gasteiger charge is 2.37. The summed E-state index contributed by atoms with van der Waals surface area (Å²) in [7, 11) is 1.08. The van der Waals surface area contributed by atoms with Crippen molar-refractivity contribution in [2.24, 2.45) is 11.8 Å². The molecule has 2 nitrogen and oxygen atoms in total. The van der Waals surface area contributed by atoms with Crippen molar-refractivity contribution < 1.29 is 4.21 Å². The van der Waals surface area contributed by atoms with E-state index in [0.29, 0.717) is 12.0 Å². The Hall–Kier alpha value is -0.670. The molecule has 0 heterocycles. The summed E-state index contributed by atoms with van der Waals surface area (Å²) in [4.78, 5) is 0.962. The third kappa shape index (κ3) is 2.83. The first-order chi connectivity index (χ1) is 8.63. The fourth-order valence-corrected chi connectivity index (χ4v) is 5.00. The molecule has 18 heavy (non-hydrogen) atoms. The lowest BCUT2D eigenvalue weighted by Crippen LogP contribution is -2.48. The summed E-state index contributed by atoms with van der Waals surface area (Å²) in [6, 6.07) is 10.2. The van der Waals surface area contributed by atoms with Gasteiger partial charge in [0.1, 0.15) is 0 Å². The van der Waals surface area contributed by atoms with Gasteiger partial charge >= 0.3 is 0 Å². The number of hydrogen-bond acceptors (Lipinski definition) is 2. The first-order valence-electron chi connectivity index (χ1n) is 6.76. The molecule has 3 heteroatoms. The Balaban J connectivity index is 2.22. The number of benzene rings is 1. The zero-order valence-electron chi connectivity index (χ0n) is 11.4. The van der Waals surface area contributed by atoms with E-state index in [2.05, 4.69) is 19.2 Å². The number of hydrogen-bond donors (Lipinski definition) is 1. The number of rotatable bonds is 3. The minimum atomic E-state index is -0.907. The summed E-state index contributed by atoms with van der Waals surface area (Å²) in [5, 5.41) is 3.60. The maximum Gasteiger partial charge on any atom is 0.0579 e. The molecule has 1 aliphatic rings. The van der Waals surface area contributed by atoms with E-state index in [9.17, 15) is 4.21 Å². The fourth-order valence-electron chi connectivity index (χ4n) is 3.18. The molecule has 1 aliphatic carbocycles. The summed E-state index contributed by atoms with van der Waals surface area (Å²) >= 11 is 0. The van der Waals surface area contributed by atoms with Crippen LogP contribution in [0.1, 0.15) is 26.7 Å². The Morgan fingerprint density at radius 1 is 1.17 bits per heavy atom. The van der Waals surface area contributed by atoms with Gasteiger partial charge in [-0.05, 0) is 43.9 Å².